The van der Waals surface area contributed by atoms with Gasteiger partial charge >= 0.3 is 0 Å². The van der Waals surface area contributed by atoms with E-state index in [1.165, 1.54) is 12.0 Å². The molecule has 3 N–H and O–H groups in total. The third-order valence-corrected chi connectivity index (χ3v) is 6.44. The number of rotatable bonds is 5. The Labute approximate surface area is 181 Å². The fraction of sp³-hybridized carbons (Fsp3) is 0.292. The number of piperazine rings is 1. The Bertz CT molecular complexity index is 1220. The van der Waals surface area contributed by atoms with Crippen molar-refractivity contribution >= 4 is 11.6 Å². The van der Waals surface area contributed by atoms with Gasteiger partial charge in [-0.3, -0.25) is 9.38 Å². The Morgan fingerprint density at radius 1 is 1.10 bits per heavy atom. The molecule has 0 saturated carbocycles. The Morgan fingerprint density at radius 3 is 2.81 bits per heavy atom. The molecule has 0 aliphatic carbocycles. The van der Waals surface area contributed by atoms with Crippen molar-refractivity contribution in [3.05, 3.63) is 78.4 Å². The number of nitrogens with zero attached hydrogens (tertiary/aromatic N) is 5. The molecule has 2 bridgehead atoms. The predicted molar refractivity (Wildman–Crippen MR) is 121 cm³/mol. The van der Waals surface area contributed by atoms with Gasteiger partial charge in [-0.1, -0.05) is 30.3 Å². The highest BCUT2D eigenvalue weighted by Gasteiger charge is 2.39. The fourth-order valence-electron chi connectivity index (χ4n) is 4.85. The van der Waals surface area contributed by atoms with E-state index in [1.54, 1.807) is 0 Å². The molecule has 7 heteroatoms. The van der Waals surface area contributed by atoms with Crippen LogP contribution in [0.25, 0.3) is 16.9 Å². The zero-order valence-electron chi connectivity index (χ0n) is 17.2. The molecule has 3 atom stereocenters. The van der Waals surface area contributed by atoms with Crippen LogP contribution in [0, 0.1) is 0 Å². The van der Waals surface area contributed by atoms with Gasteiger partial charge in [0.1, 0.15) is 5.65 Å². The average molecular weight is 412 g/mol. The largest absolute Gasteiger partial charge is 0.336 e. The first-order valence-corrected chi connectivity index (χ1v) is 10.8. The number of pyridine rings is 1. The normalized spacial score (nSPS) is 21.1. The van der Waals surface area contributed by atoms with Gasteiger partial charge in [-0.15, -0.1) is 0 Å². The van der Waals surface area contributed by atoms with Crippen LogP contribution in [0.5, 0.6) is 0 Å². The van der Waals surface area contributed by atoms with Gasteiger partial charge in [-0.25, -0.2) is 9.97 Å². The molecular formula is C24H25N7. The van der Waals surface area contributed by atoms with Gasteiger partial charge in [0, 0.05) is 55.4 Å². The van der Waals surface area contributed by atoms with E-state index in [0.29, 0.717) is 12.1 Å². The van der Waals surface area contributed by atoms with Crippen molar-refractivity contribution in [3.63, 3.8) is 0 Å². The molecule has 7 nitrogen and oxygen atoms in total. The zero-order valence-corrected chi connectivity index (χ0v) is 17.2. The minimum Gasteiger partial charge on any atom is -0.336 e. The Morgan fingerprint density at radius 2 is 2.00 bits per heavy atom. The van der Waals surface area contributed by atoms with E-state index in [4.69, 9.17) is 10.7 Å². The monoisotopic (exact) mass is 411 g/mol. The molecule has 2 saturated heterocycles. The van der Waals surface area contributed by atoms with Crippen LogP contribution in [0.1, 0.15) is 23.7 Å². The Kier molecular flexibility index (Phi) is 4.44. The molecule has 6 rings (SSSR count). The second kappa shape index (κ2) is 7.44. The van der Waals surface area contributed by atoms with E-state index < -0.39 is 0 Å². The number of nitrogens with two attached hydrogens (primary N) is 1. The number of imidazole rings is 1. The highest BCUT2D eigenvalue weighted by Crippen LogP contribution is 2.31. The van der Waals surface area contributed by atoms with E-state index in [0.717, 1.165) is 48.1 Å². The van der Waals surface area contributed by atoms with Gasteiger partial charge in [-0.05, 0) is 30.5 Å². The molecule has 31 heavy (non-hydrogen) atoms. The standard InChI is InChI=1S/C24H25N7/c25-20(10-16-4-2-1-3-5-16)22-11-17(6-7-26-22)21-13-23-27-8-9-30(23)24(29-21)31-15-18-12-19(31)14-28-18/h1-9,11,13,18-20,28H,10,12,14-15,25H2/t18-,19-,20?/m0/s1. The fourth-order valence-corrected chi connectivity index (χ4v) is 4.85. The lowest BCUT2D eigenvalue weighted by atomic mass is 10.0. The summed E-state index contributed by atoms with van der Waals surface area (Å²) in [4.78, 5) is 16.6. The summed E-state index contributed by atoms with van der Waals surface area (Å²) in [5.74, 6) is 0.964. The summed E-state index contributed by atoms with van der Waals surface area (Å²) in [6.07, 6.45) is 7.59. The molecule has 2 aliphatic rings. The zero-order chi connectivity index (χ0) is 20.8. The first kappa shape index (κ1) is 18.5. The molecule has 0 radical (unpaired) electrons. The minimum absolute atomic E-state index is 0.169. The summed E-state index contributed by atoms with van der Waals surface area (Å²) in [5, 5.41) is 3.57. The molecule has 1 unspecified atom stereocenters. The van der Waals surface area contributed by atoms with Crippen LogP contribution in [0.2, 0.25) is 0 Å². The van der Waals surface area contributed by atoms with Crippen molar-refractivity contribution in [3.8, 4) is 11.3 Å². The van der Waals surface area contributed by atoms with Crippen LogP contribution in [0.15, 0.2) is 67.1 Å². The number of hydrogen-bond donors (Lipinski definition) is 2. The van der Waals surface area contributed by atoms with Gasteiger partial charge in [-0.2, -0.15) is 0 Å². The molecule has 3 aromatic heterocycles. The van der Waals surface area contributed by atoms with Crippen LogP contribution >= 0.6 is 0 Å². The predicted octanol–water partition coefficient (Wildman–Crippen LogP) is 2.58. The number of hydrogen-bond acceptors (Lipinski definition) is 6. The lowest BCUT2D eigenvalue weighted by molar-refractivity contribution is 0.570. The lowest BCUT2D eigenvalue weighted by Gasteiger charge is -2.29. The molecule has 5 heterocycles. The van der Waals surface area contributed by atoms with E-state index in [2.05, 4.69) is 42.8 Å². The molecule has 2 aliphatic heterocycles. The van der Waals surface area contributed by atoms with Crippen molar-refractivity contribution in [1.29, 1.82) is 0 Å². The number of aromatic nitrogens is 4. The minimum atomic E-state index is -0.169. The van der Waals surface area contributed by atoms with Gasteiger partial charge in [0.25, 0.3) is 0 Å². The number of fused-ring (bicyclic) bond motifs is 3. The van der Waals surface area contributed by atoms with Crippen LogP contribution < -0.4 is 16.0 Å². The van der Waals surface area contributed by atoms with Crippen molar-refractivity contribution in [2.75, 3.05) is 18.0 Å². The third-order valence-electron chi connectivity index (χ3n) is 6.44. The van der Waals surface area contributed by atoms with Crippen molar-refractivity contribution < 1.29 is 0 Å². The summed E-state index contributed by atoms with van der Waals surface area (Å²) < 4.78 is 2.09. The number of anilines is 1. The molecule has 156 valence electrons. The quantitative estimate of drug-likeness (QED) is 0.525. The van der Waals surface area contributed by atoms with Crippen LogP contribution in [-0.4, -0.2) is 44.5 Å². The van der Waals surface area contributed by atoms with Crippen LogP contribution in [0.3, 0.4) is 0 Å². The summed E-state index contributed by atoms with van der Waals surface area (Å²) in [5.41, 5.74) is 11.4. The van der Waals surface area contributed by atoms with E-state index in [-0.39, 0.29) is 6.04 Å². The highest BCUT2D eigenvalue weighted by atomic mass is 15.4. The molecule has 4 aromatic rings. The summed E-state index contributed by atoms with van der Waals surface area (Å²) in [7, 11) is 0. The second-order valence-electron chi connectivity index (χ2n) is 8.51. The first-order valence-electron chi connectivity index (χ1n) is 10.8. The van der Waals surface area contributed by atoms with E-state index in [9.17, 15) is 0 Å². The average Bonchev–Trinajstić information content (AvgIpc) is 3.56. The van der Waals surface area contributed by atoms with Gasteiger partial charge < -0.3 is 16.0 Å². The van der Waals surface area contributed by atoms with E-state index >= 15 is 0 Å². The lowest BCUT2D eigenvalue weighted by Crippen LogP contribution is -2.44. The van der Waals surface area contributed by atoms with Gasteiger partial charge in [0.05, 0.1) is 17.4 Å². The SMILES string of the molecule is NC(Cc1ccccc1)c1cc(-c2cc3nccn3c(N3C[C@@H]4C[C@H]3CN4)n2)ccn1. The van der Waals surface area contributed by atoms with E-state index in [1.807, 2.05) is 48.9 Å². The third kappa shape index (κ3) is 3.36. The molecule has 2 fully saturated rings. The molecular weight excluding hydrogens is 386 g/mol. The summed E-state index contributed by atoms with van der Waals surface area (Å²) in [6, 6.07) is 17.3. The maximum atomic E-state index is 6.50. The number of nitrogens with one attached hydrogen (secondary N) is 1. The van der Waals surface area contributed by atoms with Gasteiger partial charge in [0.2, 0.25) is 5.95 Å². The summed E-state index contributed by atoms with van der Waals surface area (Å²) >= 11 is 0. The van der Waals surface area contributed by atoms with Crippen molar-refractivity contribution in [2.45, 2.75) is 31.0 Å². The summed E-state index contributed by atoms with van der Waals surface area (Å²) in [6.45, 7) is 2.00. The molecule has 1 aromatic carbocycles. The Hall–Kier alpha value is -3.29. The maximum absolute atomic E-state index is 6.50. The smallest absolute Gasteiger partial charge is 0.212 e. The second-order valence-corrected chi connectivity index (χ2v) is 8.51. The molecule has 0 amide bonds. The highest BCUT2D eigenvalue weighted by molar-refractivity contribution is 5.67. The topological polar surface area (TPSA) is 84.4 Å². The molecule has 0 spiro atoms. The number of benzene rings is 1. The van der Waals surface area contributed by atoms with Crippen LogP contribution in [-0.2, 0) is 6.42 Å². The maximum Gasteiger partial charge on any atom is 0.212 e. The first-order chi connectivity index (χ1) is 15.2. The van der Waals surface area contributed by atoms with Crippen molar-refractivity contribution in [1.82, 2.24) is 24.7 Å². The van der Waals surface area contributed by atoms with Gasteiger partial charge in [0.15, 0.2) is 0 Å². The van der Waals surface area contributed by atoms with Crippen molar-refractivity contribution in [2.24, 2.45) is 5.73 Å². The Balaban J connectivity index is 1.35. The van der Waals surface area contributed by atoms with Crippen LogP contribution in [0.4, 0.5) is 5.95 Å².